The third-order valence-electron chi connectivity index (χ3n) is 4.47. The molecule has 0 spiro atoms. The lowest BCUT2D eigenvalue weighted by Gasteiger charge is -2.17. The first kappa shape index (κ1) is 16.4. The Bertz CT molecular complexity index is 1020. The van der Waals surface area contributed by atoms with Crippen LogP contribution in [0.15, 0.2) is 91.0 Å². The van der Waals surface area contributed by atoms with Gasteiger partial charge in [-0.1, -0.05) is 78.9 Å². The number of para-hydroxylation sites is 1. The predicted molar refractivity (Wildman–Crippen MR) is 101 cm³/mol. The van der Waals surface area contributed by atoms with Gasteiger partial charge < -0.3 is 0 Å². The average Bonchev–Trinajstić information content (AvgIpc) is 2.68. The molecule has 0 atom stereocenters. The van der Waals surface area contributed by atoms with Gasteiger partial charge in [0.15, 0.2) is 0 Å². The van der Waals surface area contributed by atoms with Crippen LogP contribution in [-0.4, -0.2) is 4.98 Å². The molecule has 1 aromatic heterocycles. The second-order valence-corrected chi connectivity index (χ2v) is 6.33. The van der Waals surface area contributed by atoms with Gasteiger partial charge in [0.25, 0.3) is 5.92 Å². The molecule has 3 heteroatoms. The van der Waals surface area contributed by atoms with Crippen molar-refractivity contribution >= 4 is 10.9 Å². The molecule has 0 unspecified atom stereocenters. The number of pyridine rings is 1. The molecule has 0 amide bonds. The molecule has 3 aromatic carbocycles. The Kier molecular flexibility index (Phi) is 4.21. The Morgan fingerprint density at radius 2 is 1.38 bits per heavy atom. The number of aromatic nitrogens is 1. The summed E-state index contributed by atoms with van der Waals surface area (Å²) in [4.78, 5) is 4.62. The van der Waals surface area contributed by atoms with Crippen LogP contribution < -0.4 is 0 Å². The van der Waals surface area contributed by atoms with Gasteiger partial charge in [0, 0.05) is 22.9 Å². The van der Waals surface area contributed by atoms with E-state index < -0.39 is 5.92 Å². The predicted octanol–water partition coefficient (Wildman–Crippen LogP) is 6.24. The van der Waals surface area contributed by atoms with Crippen LogP contribution in [-0.2, 0) is 12.3 Å². The molecule has 0 aliphatic carbocycles. The molecule has 0 N–H and O–H groups in total. The van der Waals surface area contributed by atoms with Crippen LogP contribution in [0, 0.1) is 0 Å². The summed E-state index contributed by atoms with van der Waals surface area (Å²) in [5, 5.41) is 1.06. The van der Waals surface area contributed by atoms with E-state index in [-0.39, 0.29) is 12.0 Å². The van der Waals surface area contributed by atoms with Gasteiger partial charge in [-0.3, -0.25) is 0 Å². The molecular formula is C23H17F2N. The van der Waals surface area contributed by atoms with Gasteiger partial charge in [-0.15, -0.1) is 0 Å². The van der Waals surface area contributed by atoms with Crippen molar-refractivity contribution < 1.29 is 8.78 Å². The van der Waals surface area contributed by atoms with E-state index in [1.54, 1.807) is 36.4 Å². The van der Waals surface area contributed by atoms with Crippen molar-refractivity contribution in [1.29, 1.82) is 0 Å². The summed E-state index contributed by atoms with van der Waals surface area (Å²) in [5.41, 5.74) is 3.14. The third-order valence-corrected chi connectivity index (χ3v) is 4.47. The summed E-state index contributed by atoms with van der Waals surface area (Å²) in [6.45, 7) is 0. The Labute approximate surface area is 151 Å². The van der Waals surface area contributed by atoms with Gasteiger partial charge >= 0.3 is 0 Å². The maximum atomic E-state index is 14.6. The molecule has 128 valence electrons. The van der Waals surface area contributed by atoms with Crippen molar-refractivity contribution in [2.75, 3.05) is 0 Å². The standard InChI is InChI=1S/C23H17F2N/c24-23(25,16-17-6-2-1-3-7-17)20-13-10-19(11-14-20)22-15-12-18-8-4-5-9-21(18)26-22/h1-15H,16H2. The summed E-state index contributed by atoms with van der Waals surface area (Å²) in [6, 6.07) is 27.0. The summed E-state index contributed by atoms with van der Waals surface area (Å²) in [6.07, 6.45) is -0.304. The van der Waals surface area contributed by atoms with E-state index in [0.717, 1.165) is 22.2 Å². The van der Waals surface area contributed by atoms with E-state index in [1.807, 2.05) is 42.5 Å². The number of alkyl halides is 2. The van der Waals surface area contributed by atoms with E-state index in [0.29, 0.717) is 5.56 Å². The maximum Gasteiger partial charge on any atom is 0.277 e. The van der Waals surface area contributed by atoms with Gasteiger partial charge in [0.2, 0.25) is 0 Å². The van der Waals surface area contributed by atoms with E-state index in [4.69, 9.17) is 0 Å². The molecule has 0 bridgehead atoms. The fraction of sp³-hybridized carbons (Fsp3) is 0.0870. The van der Waals surface area contributed by atoms with Crippen molar-refractivity contribution in [3.8, 4) is 11.3 Å². The first-order chi connectivity index (χ1) is 12.6. The van der Waals surface area contributed by atoms with Crippen LogP contribution in [0.25, 0.3) is 22.2 Å². The zero-order valence-corrected chi connectivity index (χ0v) is 14.1. The van der Waals surface area contributed by atoms with Gasteiger partial charge in [-0.05, 0) is 17.7 Å². The first-order valence-corrected chi connectivity index (χ1v) is 8.50. The molecule has 0 aliphatic heterocycles. The highest BCUT2D eigenvalue weighted by molar-refractivity contribution is 5.81. The van der Waals surface area contributed by atoms with Crippen LogP contribution in [0.3, 0.4) is 0 Å². The van der Waals surface area contributed by atoms with Gasteiger partial charge in [0.05, 0.1) is 11.2 Å². The van der Waals surface area contributed by atoms with E-state index in [9.17, 15) is 8.78 Å². The van der Waals surface area contributed by atoms with E-state index >= 15 is 0 Å². The molecule has 4 rings (SSSR count). The second kappa shape index (κ2) is 6.68. The van der Waals surface area contributed by atoms with Crippen LogP contribution in [0.4, 0.5) is 8.78 Å². The molecule has 0 fully saturated rings. The van der Waals surface area contributed by atoms with Crippen molar-refractivity contribution in [3.63, 3.8) is 0 Å². The third kappa shape index (κ3) is 3.33. The van der Waals surface area contributed by atoms with Crippen LogP contribution in [0.1, 0.15) is 11.1 Å². The van der Waals surface area contributed by atoms with Crippen LogP contribution in [0.2, 0.25) is 0 Å². The van der Waals surface area contributed by atoms with Crippen molar-refractivity contribution in [1.82, 2.24) is 4.98 Å². The molecule has 0 radical (unpaired) electrons. The molecule has 26 heavy (non-hydrogen) atoms. The van der Waals surface area contributed by atoms with Crippen LogP contribution >= 0.6 is 0 Å². The Balaban J connectivity index is 1.61. The SMILES string of the molecule is FC(F)(Cc1ccccc1)c1ccc(-c2ccc3ccccc3n2)cc1. The van der Waals surface area contributed by atoms with Crippen molar-refractivity contribution in [2.45, 2.75) is 12.3 Å². The molecular weight excluding hydrogens is 328 g/mol. The monoisotopic (exact) mass is 345 g/mol. The molecule has 1 nitrogen and oxygen atoms in total. The highest BCUT2D eigenvalue weighted by Gasteiger charge is 2.31. The zero-order chi connectivity index (χ0) is 18.0. The largest absolute Gasteiger partial charge is 0.277 e. The number of rotatable bonds is 4. The quantitative estimate of drug-likeness (QED) is 0.427. The molecule has 0 saturated carbocycles. The lowest BCUT2D eigenvalue weighted by molar-refractivity contribution is -0.00380. The highest BCUT2D eigenvalue weighted by Crippen LogP contribution is 2.33. The van der Waals surface area contributed by atoms with E-state index in [2.05, 4.69) is 4.98 Å². The van der Waals surface area contributed by atoms with Crippen molar-refractivity contribution in [2.24, 2.45) is 0 Å². The minimum absolute atomic E-state index is 0.0193. The van der Waals surface area contributed by atoms with Crippen molar-refractivity contribution in [3.05, 3.63) is 102 Å². The maximum absolute atomic E-state index is 14.6. The Hall–Kier alpha value is -3.07. The fourth-order valence-corrected chi connectivity index (χ4v) is 3.07. The lowest BCUT2D eigenvalue weighted by Crippen LogP contribution is -2.16. The summed E-state index contributed by atoms with van der Waals surface area (Å²) >= 11 is 0. The fourth-order valence-electron chi connectivity index (χ4n) is 3.07. The summed E-state index contributed by atoms with van der Waals surface area (Å²) in [7, 11) is 0. The van der Waals surface area contributed by atoms with E-state index in [1.165, 1.54) is 12.1 Å². The number of hydrogen-bond acceptors (Lipinski definition) is 1. The first-order valence-electron chi connectivity index (χ1n) is 8.50. The highest BCUT2D eigenvalue weighted by atomic mass is 19.3. The normalized spacial score (nSPS) is 11.6. The topological polar surface area (TPSA) is 12.9 Å². The molecule has 0 saturated heterocycles. The average molecular weight is 345 g/mol. The number of benzene rings is 3. The van der Waals surface area contributed by atoms with Gasteiger partial charge in [0.1, 0.15) is 0 Å². The zero-order valence-electron chi connectivity index (χ0n) is 14.1. The van der Waals surface area contributed by atoms with Crippen LogP contribution in [0.5, 0.6) is 0 Å². The molecule has 0 aliphatic rings. The Morgan fingerprint density at radius 1 is 0.692 bits per heavy atom. The molecule has 1 heterocycles. The summed E-state index contributed by atoms with van der Waals surface area (Å²) in [5.74, 6) is -2.91. The molecule has 4 aromatic rings. The van der Waals surface area contributed by atoms with Gasteiger partial charge in [-0.25, -0.2) is 13.8 Å². The minimum Gasteiger partial charge on any atom is -0.248 e. The number of halogens is 2. The number of nitrogens with zero attached hydrogens (tertiary/aromatic N) is 1. The Morgan fingerprint density at radius 3 is 2.15 bits per heavy atom. The summed E-state index contributed by atoms with van der Waals surface area (Å²) < 4.78 is 29.1. The smallest absolute Gasteiger partial charge is 0.248 e. The van der Waals surface area contributed by atoms with Gasteiger partial charge in [-0.2, -0.15) is 0 Å². The number of hydrogen-bond donors (Lipinski definition) is 0. The second-order valence-electron chi connectivity index (χ2n) is 6.33. The number of fused-ring (bicyclic) bond motifs is 1. The lowest BCUT2D eigenvalue weighted by atomic mass is 9.98. The minimum atomic E-state index is -2.91.